The summed E-state index contributed by atoms with van der Waals surface area (Å²) < 4.78 is 0. The molecule has 0 amide bonds. The molecule has 1 aliphatic rings. The molecule has 0 bridgehead atoms. The molecule has 44 valence electrons. The van der Waals surface area contributed by atoms with E-state index >= 15 is 0 Å². The molecule has 0 atom stereocenters. The van der Waals surface area contributed by atoms with Crippen molar-refractivity contribution < 1.29 is 0 Å². The van der Waals surface area contributed by atoms with E-state index in [0.29, 0.717) is 0 Å². The van der Waals surface area contributed by atoms with Gasteiger partial charge in [-0.05, 0) is 26.1 Å². The zero-order valence-electron chi connectivity index (χ0n) is 5.06. The van der Waals surface area contributed by atoms with E-state index in [1.165, 1.54) is 6.42 Å². The molecule has 0 spiro atoms. The molecule has 0 unspecified atom stereocenters. The Labute approximate surface area is 51.7 Å². The van der Waals surface area contributed by atoms with Gasteiger partial charge >= 0.3 is 0 Å². The smallest absolute Gasteiger partial charge is 0.182 e. The van der Waals surface area contributed by atoms with Crippen molar-refractivity contribution in [1.82, 2.24) is 10.1 Å². The van der Waals surface area contributed by atoms with Gasteiger partial charge < -0.3 is 10.1 Å². The first-order chi connectivity index (χ1) is 3.89. The topological polar surface area (TPSA) is 15.3 Å². The monoisotopic (exact) mass is 110 g/mol. The van der Waals surface area contributed by atoms with E-state index in [4.69, 9.17) is 7.98 Å². The van der Waals surface area contributed by atoms with Gasteiger partial charge in [-0.1, -0.05) is 0 Å². The molecule has 0 aromatic rings. The molecule has 1 N–H and O–H groups in total. The van der Waals surface area contributed by atoms with Gasteiger partial charge in [-0.3, -0.25) is 0 Å². The molecule has 0 aromatic heterocycles. The Morgan fingerprint density at radius 3 is 3.00 bits per heavy atom. The van der Waals surface area contributed by atoms with Crippen LogP contribution < -0.4 is 5.32 Å². The number of hydrogen-bond donors (Lipinski definition) is 1. The van der Waals surface area contributed by atoms with Crippen LogP contribution in [-0.2, 0) is 0 Å². The van der Waals surface area contributed by atoms with Crippen molar-refractivity contribution in [1.29, 1.82) is 0 Å². The molecule has 1 fully saturated rings. The van der Waals surface area contributed by atoms with Gasteiger partial charge in [0.15, 0.2) is 7.98 Å². The Balaban J connectivity index is 2.17. The summed E-state index contributed by atoms with van der Waals surface area (Å²) in [6, 6.07) is 0. The van der Waals surface area contributed by atoms with Crippen LogP contribution in [0.1, 0.15) is 6.42 Å². The van der Waals surface area contributed by atoms with E-state index in [1.54, 1.807) is 0 Å². The Morgan fingerprint density at radius 2 is 2.12 bits per heavy atom. The number of nitrogens with zero attached hydrogens (tertiary/aromatic N) is 1. The first-order valence-corrected chi connectivity index (χ1v) is 3.10. The molecule has 3 heteroatoms. The highest BCUT2D eigenvalue weighted by molar-refractivity contribution is 6.04. The molecule has 1 saturated heterocycles. The zero-order valence-corrected chi connectivity index (χ0v) is 5.06. The lowest BCUT2D eigenvalue weighted by Gasteiger charge is -2.10. The van der Waals surface area contributed by atoms with E-state index < -0.39 is 0 Å². The Bertz CT molecular complexity index is 59.4. The fourth-order valence-corrected chi connectivity index (χ4v) is 0.867. The van der Waals surface area contributed by atoms with Gasteiger partial charge in [-0.2, -0.15) is 0 Å². The zero-order chi connectivity index (χ0) is 5.82. The largest absolute Gasteiger partial charge is 0.352 e. The fourth-order valence-electron chi connectivity index (χ4n) is 0.867. The molecular formula is C5H11BN2. The van der Waals surface area contributed by atoms with Crippen LogP contribution in [0, 0.1) is 0 Å². The quantitative estimate of drug-likeness (QED) is 0.417. The lowest BCUT2D eigenvalue weighted by Crippen LogP contribution is -2.25. The molecule has 2 radical (unpaired) electrons. The third-order valence-electron chi connectivity index (χ3n) is 1.37. The Morgan fingerprint density at radius 1 is 1.25 bits per heavy atom. The molecule has 1 heterocycles. The second-order valence-corrected chi connectivity index (χ2v) is 2.14. The summed E-state index contributed by atoms with van der Waals surface area (Å²) in [5.74, 6) is 0. The minimum Gasteiger partial charge on any atom is -0.352 e. The van der Waals surface area contributed by atoms with Gasteiger partial charge in [0.1, 0.15) is 0 Å². The van der Waals surface area contributed by atoms with Crippen molar-refractivity contribution in [3.8, 4) is 0 Å². The summed E-state index contributed by atoms with van der Waals surface area (Å²) in [5, 5.41) is 3.26. The second-order valence-electron chi connectivity index (χ2n) is 2.14. The highest BCUT2D eigenvalue weighted by Crippen LogP contribution is 1.87. The van der Waals surface area contributed by atoms with Crippen LogP contribution in [0.3, 0.4) is 0 Å². The maximum atomic E-state index is 5.53. The standard InChI is InChI=1S/C5H11BN2/c6-8-4-1-2-7-3-5-8/h7H,1-5H2. The van der Waals surface area contributed by atoms with Crippen LogP contribution in [0.5, 0.6) is 0 Å². The van der Waals surface area contributed by atoms with Crippen molar-refractivity contribution in [2.75, 3.05) is 26.2 Å². The summed E-state index contributed by atoms with van der Waals surface area (Å²) in [7, 11) is 5.53. The van der Waals surface area contributed by atoms with Crippen LogP contribution in [0.25, 0.3) is 0 Å². The number of rotatable bonds is 0. The molecular weight excluding hydrogens is 98.9 g/mol. The third-order valence-corrected chi connectivity index (χ3v) is 1.37. The van der Waals surface area contributed by atoms with Crippen molar-refractivity contribution in [2.24, 2.45) is 0 Å². The lowest BCUT2D eigenvalue weighted by molar-refractivity contribution is 0.484. The Kier molecular flexibility index (Phi) is 2.37. The highest BCUT2D eigenvalue weighted by atomic mass is 15.1. The molecule has 0 saturated carbocycles. The summed E-state index contributed by atoms with van der Waals surface area (Å²) in [6.07, 6.45) is 1.18. The molecule has 2 nitrogen and oxygen atoms in total. The van der Waals surface area contributed by atoms with Gasteiger partial charge in [0.2, 0.25) is 0 Å². The van der Waals surface area contributed by atoms with Gasteiger partial charge in [-0.15, -0.1) is 0 Å². The Hall–Kier alpha value is -0.0151. The van der Waals surface area contributed by atoms with E-state index in [9.17, 15) is 0 Å². The summed E-state index contributed by atoms with van der Waals surface area (Å²) in [4.78, 5) is 1.86. The number of hydrogen-bond acceptors (Lipinski definition) is 2. The van der Waals surface area contributed by atoms with Gasteiger partial charge in [0, 0.05) is 6.54 Å². The van der Waals surface area contributed by atoms with Crippen LogP contribution in [0.15, 0.2) is 0 Å². The first-order valence-electron chi connectivity index (χ1n) is 3.10. The van der Waals surface area contributed by atoms with Gasteiger partial charge in [0.25, 0.3) is 0 Å². The number of nitrogens with one attached hydrogen (secondary N) is 1. The van der Waals surface area contributed by atoms with Crippen LogP contribution in [-0.4, -0.2) is 39.0 Å². The van der Waals surface area contributed by atoms with Crippen LogP contribution >= 0.6 is 0 Å². The van der Waals surface area contributed by atoms with E-state index in [1.807, 2.05) is 4.81 Å². The predicted octanol–water partition coefficient (Wildman–Crippen LogP) is -0.635. The molecule has 1 aliphatic heterocycles. The summed E-state index contributed by atoms with van der Waals surface area (Å²) >= 11 is 0. The van der Waals surface area contributed by atoms with Crippen molar-refractivity contribution in [3.05, 3.63) is 0 Å². The average molecular weight is 110 g/mol. The van der Waals surface area contributed by atoms with Crippen LogP contribution in [0.4, 0.5) is 0 Å². The first kappa shape index (κ1) is 6.11. The fraction of sp³-hybridized carbons (Fsp3) is 1.00. The lowest BCUT2D eigenvalue weighted by atomic mass is 10.3. The van der Waals surface area contributed by atoms with Crippen molar-refractivity contribution in [2.45, 2.75) is 6.42 Å². The third kappa shape index (κ3) is 1.84. The maximum Gasteiger partial charge on any atom is 0.182 e. The summed E-state index contributed by atoms with van der Waals surface area (Å²) in [5.41, 5.74) is 0. The maximum absolute atomic E-state index is 5.53. The van der Waals surface area contributed by atoms with E-state index in [0.717, 1.165) is 26.2 Å². The van der Waals surface area contributed by atoms with Gasteiger partial charge in [0.05, 0.1) is 0 Å². The molecule has 1 rings (SSSR count). The molecule has 0 aromatic carbocycles. The van der Waals surface area contributed by atoms with E-state index in [2.05, 4.69) is 5.32 Å². The molecule has 8 heavy (non-hydrogen) atoms. The SMILES string of the molecule is [B]N1CCCNCC1. The average Bonchev–Trinajstić information content (AvgIpc) is 1.94. The van der Waals surface area contributed by atoms with E-state index in [-0.39, 0.29) is 0 Å². The summed E-state index contributed by atoms with van der Waals surface area (Å²) in [6.45, 7) is 4.18. The second kappa shape index (κ2) is 3.10. The highest BCUT2D eigenvalue weighted by Gasteiger charge is 2.00. The predicted molar refractivity (Wildman–Crippen MR) is 34.8 cm³/mol. The van der Waals surface area contributed by atoms with Crippen LogP contribution in [0.2, 0.25) is 0 Å². The minimum absolute atomic E-state index is 0.986. The van der Waals surface area contributed by atoms with Gasteiger partial charge in [-0.25, -0.2) is 0 Å². The normalized spacial score (nSPS) is 25.0. The minimum atomic E-state index is 0.986. The molecule has 0 aliphatic carbocycles. The van der Waals surface area contributed by atoms with Crippen molar-refractivity contribution in [3.63, 3.8) is 0 Å². The van der Waals surface area contributed by atoms with Crippen molar-refractivity contribution >= 4 is 7.98 Å².